The molecule has 0 aliphatic rings. The van der Waals surface area contributed by atoms with Gasteiger partial charge in [-0.2, -0.15) is 0 Å². The summed E-state index contributed by atoms with van der Waals surface area (Å²) in [5, 5.41) is 0. The number of carbonyl (C=O) groups is 1. The van der Waals surface area contributed by atoms with Crippen LogP contribution in [0, 0.1) is 13.8 Å². The third kappa shape index (κ3) is 3.31. The number of hydrogen-bond acceptors (Lipinski definition) is 2. The number of rotatable bonds is 7. The van der Waals surface area contributed by atoms with Gasteiger partial charge in [0, 0.05) is 42.4 Å². The lowest BCUT2D eigenvalue weighted by Crippen LogP contribution is -2.07. The predicted molar refractivity (Wildman–Crippen MR) is 80.4 cm³/mol. The van der Waals surface area contributed by atoms with Gasteiger partial charge in [0.25, 0.3) is 0 Å². The summed E-state index contributed by atoms with van der Waals surface area (Å²) in [7, 11) is 0. The van der Waals surface area contributed by atoms with Crippen molar-refractivity contribution >= 4 is 17.4 Å². The Balaban J connectivity index is 1.92. The van der Waals surface area contributed by atoms with Gasteiger partial charge in [-0.3, -0.25) is 4.79 Å². The van der Waals surface area contributed by atoms with Gasteiger partial charge in [-0.25, -0.2) is 4.98 Å². The number of aromatic nitrogens is 3. The van der Waals surface area contributed by atoms with Crippen molar-refractivity contribution in [3.05, 3.63) is 41.7 Å². The summed E-state index contributed by atoms with van der Waals surface area (Å²) >= 11 is 5.64. The summed E-state index contributed by atoms with van der Waals surface area (Å²) in [5.74, 6) is 0.0507. The molecule has 0 radical (unpaired) electrons. The minimum absolute atomic E-state index is 0.00410. The van der Waals surface area contributed by atoms with Gasteiger partial charge in [0.1, 0.15) is 0 Å². The van der Waals surface area contributed by atoms with E-state index in [2.05, 4.69) is 14.1 Å². The number of alkyl halides is 1. The molecule has 2 rings (SSSR count). The number of nitrogens with zero attached hydrogens (tertiary/aromatic N) is 3. The van der Waals surface area contributed by atoms with E-state index >= 15 is 0 Å². The van der Waals surface area contributed by atoms with E-state index in [1.807, 2.05) is 32.4 Å². The summed E-state index contributed by atoms with van der Waals surface area (Å²) in [6.07, 6.45) is 7.77. The highest BCUT2D eigenvalue weighted by atomic mass is 35.5. The number of unbranched alkanes of at least 4 members (excludes halogenated alkanes) is 1. The highest BCUT2D eigenvalue weighted by molar-refractivity contribution is 6.30. The van der Waals surface area contributed by atoms with E-state index in [4.69, 9.17) is 11.6 Å². The molecule has 0 unspecified atom stereocenters. The van der Waals surface area contributed by atoms with E-state index < -0.39 is 0 Å². The molecule has 0 saturated carbocycles. The van der Waals surface area contributed by atoms with Gasteiger partial charge in [-0.05, 0) is 32.8 Å². The van der Waals surface area contributed by atoms with Crippen LogP contribution < -0.4 is 0 Å². The molecule has 0 fully saturated rings. The number of hydrogen-bond donors (Lipinski definition) is 0. The molecule has 4 nitrogen and oxygen atoms in total. The van der Waals surface area contributed by atoms with Gasteiger partial charge >= 0.3 is 0 Å². The SMILES string of the molecule is Cc1cc(C(=O)CCl)c(C)n1CCCCn1ccnc1. The molecule has 2 aromatic rings. The van der Waals surface area contributed by atoms with E-state index in [0.29, 0.717) is 0 Å². The summed E-state index contributed by atoms with van der Waals surface area (Å²) in [4.78, 5) is 15.8. The standard InChI is InChI=1S/C15H20ClN3O/c1-12-9-14(15(20)10-16)13(2)19(12)7-4-3-6-18-8-5-17-11-18/h5,8-9,11H,3-4,6-7,10H2,1-2H3. The average Bonchev–Trinajstić information content (AvgIpc) is 3.04. The Morgan fingerprint density at radius 1 is 1.30 bits per heavy atom. The summed E-state index contributed by atoms with van der Waals surface area (Å²) in [6.45, 7) is 5.94. The first-order valence-electron chi connectivity index (χ1n) is 6.85. The van der Waals surface area contributed by atoms with Crippen molar-refractivity contribution in [2.24, 2.45) is 0 Å². The van der Waals surface area contributed by atoms with Crippen LogP contribution in [0.4, 0.5) is 0 Å². The summed E-state index contributed by atoms with van der Waals surface area (Å²) < 4.78 is 4.28. The molecule has 2 aromatic heterocycles. The Morgan fingerprint density at radius 3 is 2.70 bits per heavy atom. The largest absolute Gasteiger partial charge is 0.348 e. The van der Waals surface area contributed by atoms with Crippen molar-refractivity contribution in [1.29, 1.82) is 0 Å². The van der Waals surface area contributed by atoms with E-state index in [1.165, 1.54) is 0 Å². The predicted octanol–water partition coefficient (Wildman–Crippen LogP) is 3.20. The second-order valence-corrected chi connectivity index (χ2v) is 5.27. The zero-order valence-electron chi connectivity index (χ0n) is 12.0. The topological polar surface area (TPSA) is 39.8 Å². The molecule has 20 heavy (non-hydrogen) atoms. The first kappa shape index (κ1) is 14.9. The van der Waals surface area contributed by atoms with Crippen LogP contribution in [0.3, 0.4) is 0 Å². The van der Waals surface area contributed by atoms with Gasteiger partial charge in [0.15, 0.2) is 5.78 Å². The monoisotopic (exact) mass is 293 g/mol. The Labute approximate surface area is 124 Å². The Morgan fingerprint density at radius 2 is 2.05 bits per heavy atom. The molecule has 0 spiro atoms. The minimum Gasteiger partial charge on any atom is -0.348 e. The molecule has 2 heterocycles. The Hall–Kier alpha value is -1.55. The normalized spacial score (nSPS) is 10.9. The molecule has 0 saturated heterocycles. The Kier molecular flexibility index (Phi) is 5.01. The molecular weight excluding hydrogens is 274 g/mol. The van der Waals surface area contributed by atoms with Crippen molar-refractivity contribution in [2.75, 3.05) is 5.88 Å². The highest BCUT2D eigenvalue weighted by Gasteiger charge is 2.14. The number of Topliss-reactive ketones (excluding diaryl/α,β-unsaturated/α-hetero) is 1. The van der Waals surface area contributed by atoms with Gasteiger partial charge in [-0.1, -0.05) is 0 Å². The molecule has 0 amide bonds. The maximum Gasteiger partial charge on any atom is 0.179 e. The third-order valence-electron chi connectivity index (χ3n) is 3.60. The number of imidazole rings is 1. The van der Waals surface area contributed by atoms with E-state index in [1.54, 1.807) is 6.20 Å². The van der Waals surface area contributed by atoms with Gasteiger partial charge in [0.05, 0.1) is 12.2 Å². The smallest absolute Gasteiger partial charge is 0.179 e. The van der Waals surface area contributed by atoms with Crippen molar-refractivity contribution in [3.8, 4) is 0 Å². The van der Waals surface area contributed by atoms with Gasteiger partial charge in [-0.15, -0.1) is 11.6 Å². The number of ketones is 1. The van der Waals surface area contributed by atoms with Crippen molar-refractivity contribution in [1.82, 2.24) is 14.1 Å². The van der Waals surface area contributed by atoms with Gasteiger partial charge in [0.2, 0.25) is 0 Å². The molecule has 0 aliphatic heterocycles. The second-order valence-electron chi connectivity index (χ2n) is 5.00. The van der Waals surface area contributed by atoms with Crippen LogP contribution in [0.2, 0.25) is 0 Å². The van der Waals surface area contributed by atoms with Crippen LogP contribution in [0.15, 0.2) is 24.8 Å². The third-order valence-corrected chi connectivity index (χ3v) is 3.85. The fourth-order valence-corrected chi connectivity index (χ4v) is 2.63. The van der Waals surface area contributed by atoms with E-state index in [-0.39, 0.29) is 11.7 Å². The van der Waals surface area contributed by atoms with Gasteiger partial charge < -0.3 is 9.13 Å². The fourth-order valence-electron chi connectivity index (χ4n) is 2.48. The molecule has 0 N–H and O–H groups in total. The molecule has 0 aromatic carbocycles. The second kappa shape index (κ2) is 6.75. The minimum atomic E-state index is 0.00410. The van der Waals surface area contributed by atoms with Crippen LogP contribution in [-0.2, 0) is 13.1 Å². The van der Waals surface area contributed by atoms with Crippen LogP contribution >= 0.6 is 11.6 Å². The maximum atomic E-state index is 11.7. The molecule has 108 valence electrons. The summed E-state index contributed by atoms with van der Waals surface area (Å²) in [6, 6.07) is 1.94. The Bertz CT molecular complexity index is 572. The van der Waals surface area contributed by atoms with Crippen LogP contribution in [0.25, 0.3) is 0 Å². The van der Waals surface area contributed by atoms with Crippen LogP contribution in [0.5, 0.6) is 0 Å². The molecular formula is C15H20ClN3O. The quantitative estimate of drug-likeness (QED) is 0.447. The molecule has 0 aliphatic carbocycles. The lowest BCUT2D eigenvalue weighted by molar-refractivity contribution is 0.102. The first-order chi connectivity index (χ1) is 9.63. The number of halogens is 1. The lowest BCUT2D eigenvalue weighted by atomic mass is 10.2. The van der Waals surface area contributed by atoms with Crippen LogP contribution in [-0.4, -0.2) is 25.8 Å². The van der Waals surface area contributed by atoms with Crippen LogP contribution in [0.1, 0.15) is 34.6 Å². The zero-order valence-corrected chi connectivity index (χ0v) is 12.7. The number of aryl methyl sites for hydroxylation is 2. The van der Waals surface area contributed by atoms with E-state index in [9.17, 15) is 4.79 Å². The van der Waals surface area contributed by atoms with Crippen molar-refractivity contribution in [2.45, 2.75) is 39.8 Å². The lowest BCUT2D eigenvalue weighted by Gasteiger charge is -2.10. The zero-order chi connectivity index (χ0) is 14.5. The van der Waals surface area contributed by atoms with E-state index in [0.717, 1.165) is 42.9 Å². The average molecular weight is 294 g/mol. The maximum absolute atomic E-state index is 11.7. The molecule has 5 heteroatoms. The fraction of sp³-hybridized carbons (Fsp3) is 0.467. The molecule has 0 atom stereocenters. The van der Waals surface area contributed by atoms with Crippen molar-refractivity contribution in [3.63, 3.8) is 0 Å². The summed E-state index contributed by atoms with van der Waals surface area (Å²) in [5.41, 5.74) is 2.90. The molecule has 0 bridgehead atoms. The number of carbonyl (C=O) groups excluding carboxylic acids is 1. The first-order valence-corrected chi connectivity index (χ1v) is 7.38. The highest BCUT2D eigenvalue weighted by Crippen LogP contribution is 2.17. The van der Waals surface area contributed by atoms with Crippen molar-refractivity contribution < 1.29 is 4.79 Å².